The fraction of sp³-hybridized carbons (Fsp3) is 0.259. The van der Waals surface area contributed by atoms with E-state index in [9.17, 15) is 4.79 Å². The van der Waals surface area contributed by atoms with Crippen molar-refractivity contribution >= 4 is 27.9 Å². The highest BCUT2D eigenvalue weighted by atomic mass is 16.1. The zero-order valence-electron chi connectivity index (χ0n) is 19.7. The van der Waals surface area contributed by atoms with Crippen LogP contribution in [0.25, 0.3) is 27.6 Å². The third-order valence-corrected chi connectivity index (χ3v) is 6.29. The van der Waals surface area contributed by atoms with E-state index in [0.29, 0.717) is 16.9 Å². The van der Waals surface area contributed by atoms with Gasteiger partial charge in [0.25, 0.3) is 5.56 Å². The maximum Gasteiger partial charge on any atom is 0.259 e. The normalized spacial score (nSPS) is 14.7. The van der Waals surface area contributed by atoms with Crippen LogP contribution in [0.2, 0.25) is 0 Å². The Bertz CT molecular complexity index is 1400. The van der Waals surface area contributed by atoms with Crippen LogP contribution in [0.3, 0.4) is 0 Å². The van der Waals surface area contributed by atoms with Gasteiger partial charge in [-0.15, -0.1) is 0 Å². The molecule has 1 aliphatic rings. The van der Waals surface area contributed by atoms with Crippen molar-refractivity contribution in [2.24, 2.45) is 0 Å². The summed E-state index contributed by atoms with van der Waals surface area (Å²) in [5, 5.41) is 4.67. The molecule has 7 nitrogen and oxygen atoms in total. The summed E-state index contributed by atoms with van der Waals surface area (Å²) in [6, 6.07) is 12.1. The maximum atomic E-state index is 12.6. The molecule has 1 aromatic carbocycles. The monoisotopic (exact) mass is 452 g/mol. The second-order valence-electron chi connectivity index (χ2n) is 9.55. The number of pyridine rings is 2. The molecule has 0 fully saturated rings. The lowest BCUT2D eigenvalue weighted by Crippen LogP contribution is -2.43. The average Bonchev–Trinajstić information content (AvgIpc) is 2.84. The molecule has 172 valence electrons. The van der Waals surface area contributed by atoms with Gasteiger partial charge in [0, 0.05) is 48.5 Å². The molecule has 0 atom stereocenters. The lowest BCUT2D eigenvalue weighted by molar-refractivity contribution is 0.153. The highest BCUT2D eigenvalue weighted by Gasteiger charge is 2.23. The molecule has 0 saturated heterocycles. The lowest BCUT2D eigenvalue weighted by atomic mass is 9.96. The van der Waals surface area contributed by atoms with Crippen LogP contribution in [0.5, 0.6) is 0 Å². The SMILES string of the molecule is CC(C)(C)N1CC=C(c2ccc(Nc3nc(-c4cncnc4)cc4cc[nH]c(=O)c34)cc2)CC1. The number of nitrogens with one attached hydrogen (secondary N) is 2. The first-order valence-corrected chi connectivity index (χ1v) is 11.5. The van der Waals surface area contributed by atoms with Crippen molar-refractivity contribution in [2.75, 3.05) is 18.4 Å². The van der Waals surface area contributed by atoms with Crippen LogP contribution in [0.4, 0.5) is 11.5 Å². The Hall–Kier alpha value is -3.84. The number of rotatable bonds is 4. The highest BCUT2D eigenvalue weighted by Crippen LogP contribution is 2.30. The van der Waals surface area contributed by atoms with Gasteiger partial charge in [0.2, 0.25) is 0 Å². The average molecular weight is 453 g/mol. The Balaban J connectivity index is 1.44. The van der Waals surface area contributed by atoms with Crippen molar-refractivity contribution in [3.05, 3.63) is 83.3 Å². The molecule has 4 heterocycles. The van der Waals surface area contributed by atoms with Gasteiger partial charge in [-0.1, -0.05) is 18.2 Å². The molecule has 4 aromatic rings. The van der Waals surface area contributed by atoms with Crippen molar-refractivity contribution in [3.63, 3.8) is 0 Å². The van der Waals surface area contributed by atoms with Crippen LogP contribution >= 0.6 is 0 Å². The molecule has 3 aromatic heterocycles. The molecular weight excluding hydrogens is 424 g/mol. The second-order valence-corrected chi connectivity index (χ2v) is 9.55. The quantitative estimate of drug-likeness (QED) is 0.453. The minimum atomic E-state index is -0.184. The number of hydrogen-bond donors (Lipinski definition) is 2. The van der Waals surface area contributed by atoms with Gasteiger partial charge in [-0.05, 0) is 68.0 Å². The number of aromatic amines is 1. The van der Waals surface area contributed by atoms with Crippen LogP contribution in [0, 0.1) is 0 Å². The molecule has 2 N–H and O–H groups in total. The van der Waals surface area contributed by atoms with Crippen LogP contribution in [-0.2, 0) is 0 Å². The molecule has 0 aliphatic carbocycles. The van der Waals surface area contributed by atoms with Gasteiger partial charge >= 0.3 is 0 Å². The summed E-state index contributed by atoms with van der Waals surface area (Å²) in [6.07, 6.45) is 9.92. The Morgan fingerprint density at radius 3 is 2.47 bits per heavy atom. The van der Waals surface area contributed by atoms with E-state index < -0.39 is 0 Å². The van der Waals surface area contributed by atoms with Crippen LogP contribution < -0.4 is 10.9 Å². The molecule has 0 saturated carbocycles. The smallest absolute Gasteiger partial charge is 0.259 e. The molecule has 5 rings (SSSR count). The van der Waals surface area contributed by atoms with Gasteiger partial charge in [-0.3, -0.25) is 9.69 Å². The number of nitrogens with zero attached hydrogens (tertiary/aromatic N) is 4. The fourth-order valence-electron chi connectivity index (χ4n) is 4.33. The number of hydrogen-bond acceptors (Lipinski definition) is 6. The van der Waals surface area contributed by atoms with Gasteiger partial charge in [0.05, 0.1) is 11.1 Å². The van der Waals surface area contributed by atoms with Crippen molar-refractivity contribution in [1.29, 1.82) is 0 Å². The van der Waals surface area contributed by atoms with Crippen molar-refractivity contribution in [3.8, 4) is 11.3 Å². The van der Waals surface area contributed by atoms with Crippen LogP contribution in [0.15, 0.2) is 72.2 Å². The number of anilines is 2. The van der Waals surface area contributed by atoms with Gasteiger partial charge in [-0.2, -0.15) is 0 Å². The molecule has 7 heteroatoms. The third kappa shape index (κ3) is 4.47. The van der Waals surface area contributed by atoms with Gasteiger partial charge in [-0.25, -0.2) is 15.0 Å². The second kappa shape index (κ2) is 8.83. The molecule has 0 bridgehead atoms. The Kier molecular flexibility index (Phi) is 5.71. The summed E-state index contributed by atoms with van der Waals surface area (Å²) in [7, 11) is 0. The van der Waals surface area contributed by atoms with E-state index in [2.05, 4.69) is 64.1 Å². The molecule has 34 heavy (non-hydrogen) atoms. The molecule has 0 radical (unpaired) electrons. The number of benzene rings is 1. The summed E-state index contributed by atoms with van der Waals surface area (Å²) < 4.78 is 0. The first-order valence-electron chi connectivity index (χ1n) is 11.5. The summed E-state index contributed by atoms with van der Waals surface area (Å²) in [5.41, 5.74) is 4.96. The molecular formula is C27H28N6O. The first-order chi connectivity index (χ1) is 16.4. The summed E-state index contributed by atoms with van der Waals surface area (Å²) >= 11 is 0. The van der Waals surface area contributed by atoms with Crippen molar-refractivity contribution < 1.29 is 0 Å². The zero-order valence-corrected chi connectivity index (χ0v) is 19.7. The third-order valence-electron chi connectivity index (χ3n) is 6.29. The van der Waals surface area contributed by atoms with Crippen LogP contribution in [0.1, 0.15) is 32.8 Å². The van der Waals surface area contributed by atoms with E-state index in [0.717, 1.165) is 36.1 Å². The number of H-pyrrole nitrogens is 1. The van der Waals surface area contributed by atoms with Crippen molar-refractivity contribution in [2.45, 2.75) is 32.7 Å². The zero-order chi connectivity index (χ0) is 23.7. The largest absolute Gasteiger partial charge is 0.340 e. The molecule has 1 aliphatic heterocycles. The molecule has 0 unspecified atom stereocenters. The molecule has 0 amide bonds. The molecule has 0 spiro atoms. The standard InChI is InChI=1S/C27H28N6O/c1-27(2,3)33-12-9-19(10-13-33)18-4-6-22(7-5-18)31-25-24-20(8-11-30-26(24)34)14-23(32-25)21-15-28-17-29-16-21/h4-9,11,14-17H,10,12-13H2,1-3H3,(H,30,34)(H,31,32). The lowest BCUT2D eigenvalue weighted by Gasteiger charge is -2.37. The minimum absolute atomic E-state index is 0.184. The van der Waals surface area contributed by atoms with Gasteiger partial charge in [0.15, 0.2) is 0 Å². The maximum absolute atomic E-state index is 12.6. The number of aromatic nitrogens is 4. The van der Waals surface area contributed by atoms with Gasteiger partial charge < -0.3 is 10.3 Å². The van der Waals surface area contributed by atoms with E-state index in [-0.39, 0.29) is 11.1 Å². The minimum Gasteiger partial charge on any atom is -0.340 e. The Morgan fingerprint density at radius 1 is 1.03 bits per heavy atom. The summed E-state index contributed by atoms with van der Waals surface area (Å²) in [4.78, 5) is 30.8. The predicted octanol–water partition coefficient (Wildman–Crippen LogP) is 5.01. The van der Waals surface area contributed by atoms with E-state index in [1.54, 1.807) is 18.6 Å². The fourth-order valence-corrected chi connectivity index (χ4v) is 4.33. The van der Waals surface area contributed by atoms with E-state index >= 15 is 0 Å². The highest BCUT2D eigenvalue weighted by molar-refractivity contribution is 5.95. The first kappa shape index (κ1) is 22.0. The van der Waals surface area contributed by atoms with Gasteiger partial charge in [0.1, 0.15) is 12.1 Å². The Morgan fingerprint density at radius 2 is 1.79 bits per heavy atom. The Labute approximate surface area is 198 Å². The summed E-state index contributed by atoms with van der Waals surface area (Å²) in [6.45, 7) is 8.80. The van der Waals surface area contributed by atoms with Crippen molar-refractivity contribution in [1.82, 2.24) is 24.8 Å². The van der Waals surface area contributed by atoms with Crippen LogP contribution in [-0.4, -0.2) is 43.5 Å². The van der Waals surface area contributed by atoms with E-state index in [1.807, 2.05) is 24.3 Å². The number of fused-ring (bicyclic) bond motifs is 1. The van der Waals surface area contributed by atoms with E-state index in [1.165, 1.54) is 17.5 Å². The topological polar surface area (TPSA) is 86.8 Å². The predicted molar refractivity (Wildman–Crippen MR) is 137 cm³/mol. The van der Waals surface area contributed by atoms with E-state index in [4.69, 9.17) is 4.98 Å². The summed E-state index contributed by atoms with van der Waals surface area (Å²) in [5.74, 6) is 0.503.